The number of alkyl halides is 2. The van der Waals surface area contributed by atoms with E-state index in [4.69, 9.17) is 0 Å². The van der Waals surface area contributed by atoms with Crippen LogP contribution in [0.25, 0.3) is 0 Å². The Kier molecular flexibility index (Phi) is 3.00. The molecule has 0 aliphatic carbocycles. The molecule has 1 atom stereocenters. The molecular formula is C8H13F2NO. The third-order valence-corrected chi connectivity index (χ3v) is 2.36. The minimum absolute atomic E-state index is 0.424. The maximum Gasteiger partial charge on any atom is 0.315 e. The highest BCUT2D eigenvalue weighted by Gasteiger charge is 2.29. The van der Waals surface area contributed by atoms with Crippen LogP contribution in [0.2, 0.25) is 0 Å². The second-order valence-corrected chi connectivity index (χ2v) is 3.15. The number of halogens is 2. The summed E-state index contributed by atoms with van der Waals surface area (Å²) in [5.41, 5.74) is 0. The molecule has 0 bridgehead atoms. The molecule has 0 aromatic heterocycles. The standard InChI is InChI=1S/C8H13F2NO/c1-2-6-3-4-11(5-6)8(12)7(9)10/h6-7H,2-5H2,1H3/t6-/m1/s1. The van der Waals surface area contributed by atoms with Crippen molar-refractivity contribution in [1.82, 2.24) is 4.90 Å². The third kappa shape index (κ3) is 1.93. The summed E-state index contributed by atoms with van der Waals surface area (Å²) in [6.45, 7) is 3.03. The van der Waals surface area contributed by atoms with E-state index in [0.29, 0.717) is 19.0 Å². The van der Waals surface area contributed by atoms with E-state index in [1.807, 2.05) is 6.92 Å². The topological polar surface area (TPSA) is 20.3 Å². The van der Waals surface area contributed by atoms with Gasteiger partial charge in [0.15, 0.2) is 0 Å². The summed E-state index contributed by atoms with van der Waals surface area (Å²) in [6.07, 6.45) is -0.997. The summed E-state index contributed by atoms with van der Waals surface area (Å²) in [5, 5.41) is 0. The lowest BCUT2D eigenvalue weighted by molar-refractivity contribution is -0.141. The van der Waals surface area contributed by atoms with Crippen molar-refractivity contribution in [3.05, 3.63) is 0 Å². The second-order valence-electron chi connectivity index (χ2n) is 3.15. The molecule has 0 aromatic carbocycles. The van der Waals surface area contributed by atoms with Crippen molar-refractivity contribution >= 4 is 5.91 Å². The number of likely N-dealkylation sites (tertiary alicyclic amines) is 1. The molecule has 12 heavy (non-hydrogen) atoms. The van der Waals surface area contributed by atoms with Crippen LogP contribution in [0.4, 0.5) is 8.78 Å². The minimum atomic E-state index is -2.83. The molecule has 2 nitrogen and oxygen atoms in total. The Morgan fingerprint density at radius 3 is 2.75 bits per heavy atom. The van der Waals surface area contributed by atoms with Crippen LogP contribution < -0.4 is 0 Å². The average Bonchev–Trinajstić information content (AvgIpc) is 2.50. The Bertz CT molecular complexity index is 172. The van der Waals surface area contributed by atoms with E-state index in [1.54, 1.807) is 0 Å². The quantitative estimate of drug-likeness (QED) is 0.626. The van der Waals surface area contributed by atoms with E-state index in [9.17, 15) is 13.6 Å². The van der Waals surface area contributed by atoms with E-state index < -0.39 is 12.3 Å². The number of hydrogen-bond acceptors (Lipinski definition) is 1. The zero-order valence-electron chi connectivity index (χ0n) is 7.09. The molecule has 1 aliphatic heterocycles. The largest absolute Gasteiger partial charge is 0.337 e. The van der Waals surface area contributed by atoms with E-state index >= 15 is 0 Å². The molecule has 0 radical (unpaired) electrons. The van der Waals surface area contributed by atoms with Gasteiger partial charge in [-0.2, -0.15) is 8.78 Å². The van der Waals surface area contributed by atoms with Gasteiger partial charge in [0.25, 0.3) is 5.91 Å². The van der Waals surface area contributed by atoms with Crippen molar-refractivity contribution in [2.45, 2.75) is 26.2 Å². The molecule has 1 fully saturated rings. The molecule has 0 saturated carbocycles. The lowest BCUT2D eigenvalue weighted by Crippen LogP contribution is -2.33. The van der Waals surface area contributed by atoms with Crippen LogP contribution in [0.1, 0.15) is 19.8 Å². The fourth-order valence-corrected chi connectivity index (χ4v) is 1.50. The van der Waals surface area contributed by atoms with E-state index in [-0.39, 0.29) is 0 Å². The molecule has 1 heterocycles. The van der Waals surface area contributed by atoms with Gasteiger partial charge in [0, 0.05) is 13.1 Å². The van der Waals surface area contributed by atoms with Crippen LogP contribution in [-0.4, -0.2) is 30.3 Å². The number of amides is 1. The number of carbonyl (C=O) groups excluding carboxylic acids is 1. The average molecular weight is 177 g/mol. The predicted octanol–water partition coefficient (Wildman–Crippen LogP) is 1.51. The van der Waals surface area contributed by atoms with Gasteiger partial charge in [0.1, 0.15) is 0 Å². The zero-order valence-corrected chi connectivity index (χ0v) is 7.09. The van der Waals surface area contributed by atoms with E-state index in [2.05, 4.69) is 0 Å². The van der Waals surface area contributed by atoms with Crippen LogP contribution in [0, 0.1) is 5.92 Å². The normalized spacial score (nSPS) is 23.7. The van der Waals surface area contributed by atoms with Crippen molar-refractivity contribution in [3.8, 4) is 0 Å². The van der Waals surface area contributed by atoms with Crippen LogP contribution in [0.5, 0.6) is 0 Å². The molecule has 0 spiro atoms. The fraction of sp³-hybridized carbons (Fsp3) is 0.875. The molecular weight excluding hydrogens is 164 g/mol. The van der Waals surface area contributed by atoms with E-state index in [1.165, 1.54) is 4.90 Å². The van der Waals surface area contributed by atoms with Crippen molar-refractivity contribution in [1.29, 1.82) is 0 Å². The molecule has 70 valence electrons. The highest BCUT2D eigenvalue weighted by molar-refractivity contribution is 5.79. The van der Waals surface area contributed by atoms with Gasteiger partial charge in [-0.3, -0.25) is 4.79 Å². The molecule has 1 saturated heterocycles. The van der Waals surface area contributed by atoms with Gasteiger partial charge < -0.3 is 4.90 Å². The third-order valence-electron chi connectivity index (χ3n) is 2.36. The van der Waals surface area contributed by atoms with Crippen LogP contribution in [-0.2, 0) is 4.79 Å². The Morgan fingerprint density at radius 2 is 2.33 bits per heavy atom. The number of rotatable bonds is 2. The van der Waals surface area contributed by atoms with Crippen molar-refractivity contribution in [3.63, 3.8) is 0 Å². The summed E-state index contributed by atoms with van der Waals surface area (Å²) in [5.74, 6) is -0.585. The first kappa shape index (κ1) is 9.42. The Hall–Kier alpha value is -0.670. The zero-order chi connectivity index (χ0) is 9.14. The van der Waals surface area contributed by atoms with Gasteiger partial charge in [0.2, 0.25) is 0 Å². The molecule has 0 N–H and O–H groups in total. The van der Waals surface area contributed by atoms with Gasteiger partial charge in [-0.15, -0.1) is 0 Å². The molecule has 1 amide bonds. The van der Waals surface area contributed by atoms with Gasteiger partial charge in [-0.25, -0.2) is 0 Å². The first-order chi connectivity index (χ1) is 5.65. The predicted molar refractivity (Wildman–Crippen MR) is 41.0 cm³/mol. The van der Waals surface area contributed by atoms with Crippen LogP contribution in [0.15, 0.2) is 0 Å². The van der Waals surface area contributed by atoms with Gasteiger partial charge >= 0.3 is 6.43 Å². The maximum atomic E-state index is 11.9. The highest BCUT2D eigenvalue weighted by Crippen LogP contribution is 2.20. The van der Waals surface area contributed by atoms with Crippen molar-refractivity contribution < 1.29 is 13.6 Å². The molecule has 1 aliphatic rings. The number of hydrogen-bond donors (Lipinski definition) is 0. The van der Waals surface area contributed by atoms with Gasteiger partial charge in [-0.1, -0.05) is 13.3 Å². The highest BCUT2D eigenvalue weighted by atomic mass is 19.3. The number of carbonyl (C=O) groups is 1. The first-order valence-corrected chi connectivity index (χ1v) is 4.22. The molecule has 4 heteroatoms. The monoisotopic (exact) mass is 177 g/mol. The van der Waals surface area contributed by atoms with Crippen LogP contribution >= 0.6 is 0 Å². The Morgan fingerprint density at radius 1 is 1.67 bits per heavy atom. The summed E-state index contributed by atoms with van der Waals surface area (Å²) < 4.78 is 23.8. The fourth-order valence-electron chi connectivity index (χ4n) is 1.50. The van der Waals surface area contributed by atoms with Crippen molar-refractivity contribution in [2.75, 3.05) is 13.1 Å². The summed E-state index contributed by atoms with van der Waals surface area (Å²) >= 11 is 0. The summed E-state index contributed by atoms with van der Waals surface area (Å²) in [6, 6.07) is 0. The summed E-state index contributed by atoms with van der Waals surface area (Å²) in [7, 11) is 0. The molecule has 0 aromatic rings. The van der Waals surface area contributed by atoms with Gasteiger partial charge in [-0.05, 0) is 12.3 Å². The SMILES string of the molecule is CC[C@@H]1CCN(C(=O)C(F)F)C1. The van der Waals surface area contributed by atoms with Gasteiger partial charge in [0.05, 0.1) is 0 Å². The summed E-state index contributed by atoms with van der Waals surface area (Å²) in [4.78, 5) is 12.0. The molecule has 1 rings (SSSR count). The van der Waals surface area contributed by atoms with Crippen LogP contribution in [0.3, 0.4) is 0 Å². The maximum absolute atomic E-state index is 11.9. The Labute approximate surface area is 70.5 Å². The smallest absolute Gasteiger partial charge is 0.315 e. The van der Waals surface area contributed by atoms with E-state index in [0.717, 1.165) is 12.8 Å². The van der Waals surface area contributed by atoms with Crippen molar-refractivity contribution in [2.24, 2.45) is 5.92 Å². The lowest BCUT2D eigenvalue weighted by Gasteiger charge is -2.14. The Balaban J connectivity index is 2.41. The number of nitrogens with zero attached hydrogens (tertiary/aromatic N) is 1. The lowest BCUT2D eigenvalue weighted by atomic mass is 10.1. The minimum Gasteiger partial charge on any atom is -0.337 e. The first-order valence-electron chi connectivity index (χ1n) is 4.22. The second kappa shape index (κ2) is 3.83. The molecule has 0 unspecified atom stereocenters.